The van der Waals surface area contributed by atoms with Gasteiger partial charge in [-0.25, -0.2) is 0 Å². The van der Waals surface area contributed by atoms with E-state index < -0.39 is 11.3 Å². The van der Waals surface area contributed by atoms with E-state index >= 15 is 0 Å². The van der Waals surface area contributed by atoms with Crippen LogP contribution in [0.2, 0.25) is 0 Å². The summed E-state index contributed by atoms with van der Waals surface area (Å²) in [4.78, 5) is 41.4. The molecule has 2 aromatic rings. The normalized spacial score (nSPS) is 16.4. The maximum Gasteiger partial charge on any atom is 0.259 e. The second kappa shape index (κ2) is 10.8. The Bertz CT molecular complexity index is 1100. The van der Waals surface area contributed by atoms with E-state index in [2.05, 4.69) is 5.32 Å². The maximum atomic E-state index is 13.3. The molecule has 1 N–H and O–H groups in total. The zero-order valence-corrected chi connectivity index (χ0v) is 20.0. The van der Waals surface area contributed by atoms with Crippen LogP contribution in [0.1, 0.15) is 77.3 Å². The van der Waals surface area contributed by atoms with Crippen LogP contribution >= 0.6 is 0 Å². The molecule has 2 heterocycles. The van der Waals surface area contributed by atoms with Gasteiger partial charge in [0.15, 0.2) is 11.5 Å². The van der Waals surface area contributed by atoms with Crippen molar-refractivity contribution in [1.82, 2.24) is 14.8 Å². The molecule has 1 aliphatic carbocycles. The van der Waals surface area contributed by atoms with Crippen LogP contribution in [0.5, 0.6) is 11.5 Å². The monoisotopic (exact) mass is 467 g/mol. The van der Waals surface area contributed by atoms with E-state index in [0.29, 0.717) is 24.6 Å². The van der Waals surface area contributed by atoms with Gasteiger partial charge in [-0.3, -0.25) is 14.4 Å². The van der Waals surface area contributed by atoms with Gasteiger partial charge in [0.25, 0.3) is 11.8 Å². The van der Waals surface area contributed by atoms with Crippen molar-refractivity contribution in [3.05, 3.63) is 57.5 Å². The first-order valence-electron chi connectivity index (χ1n) is 12.1. The summed E-state index contributed by atoms with van der Waals surface area (Å²) in [5.41, 5.74) is 0.403. The summed E-state index contributed by atoms with van der Waals surface area (Å²) in [6, 6.07) is 5.58. The third kappa shape index (κ3) is 5.11. The molecule has 0 bridgehead atoms. The van der Waals surface area contributed by atoms with Gasteiger partial charge >= 0.3 is 0 Å². The number of carbonyl (C=O) groups is 2. The Hall–Kier alpha value is -3.29. The lowest BCUT2D eigenvalue weighted by molar-refractivity contribution is 0.0722. The second-order valence-electron chi connectivity index (χ2n) is 9.03. The number of rotatable bonds is 7. The molecule has 1 aliphatic heterocycles. The molecular formula is C26H33N3O5. The summed E-state index contributed by atoms with van der Waals surface area (Å²) in [6.07, 6.45) is 10.4. The molecule has 1 saturated carbocycles. The highest BCUT2D eigenvalue weighted by molar-refractivity contribution is 5.99. The van der Waals surface area contributed by atoms with Gasteiger partial charge < -0.3 is 24.3 Å². The molecule has 0 spiro atoms. The van der Waals surface area contributed by atoms with Gasteiger partial charge in [0.1, 0.15) is 11.1 Å². The Morgan fingerprint density at radius 3 is 2.29 bits per heavy atom. The number of nitrogens with one attached hydrogen (secondary N) is 1. The molecule has 1 aromatic heterocycles. The van der Waals surface area contributed by atoms with Gasteiger partial charge in [0.2, 0.25) is 5.43 Å². The number of benzene rings is 1. The lowest BCUT2D eigenvalue weighted by Crippen LogP contribution is -2.40. The third-order valence-corrected chi connectivity index (χ3v) is 6.81. The fraction of sp³-hybridized carbons (Fsp3) is 0.500. The van der Waals surface area contributed by atoms with Crippen LogP contribution in [-0.2, 0) is 6.54 Å². The quantitative estimate of drug-likeness (QED) is 0.673. The highest BCUT2D eigenvalue weighted by Crippen LogP contribution is 2.30. The minimum Gasteiger partial charge on any atom is -0.493 e. The van der Waals surface area contributed by atoms with Gasteiger partial charge in [-0.15, -0.1) is 0 Å². The number of hydrogen-bond donors (Lipinski definition) is 1. The number of aromatic nitrogens is 1. The first-order chi connectivity index (χ1) is 16.5. The maximum absolute atomic E-state index is 13.3. The van der Waals surface area contributed by atoms with Gasteiger partial charge in [0, 0.05) is 38.1 Å². The third-order valence-electron chi connectivity index (χ3n) is 6.81. The van der Waals surface area contributed by atoms with Crippen LogP contribution in [0, 0.1) is 0 Å². The predicted octanol–water partition coefficient (Wildman–Crippen LogP) is 3.54. The Labute approximate surface area is 199 Å². The summed E-state index contributed by atoms with van der Waals surface area (Å²) < 4.78 is 12.5. The zero-order chi connectivity index (χ0) is 24.1. The highest BCUT2D eigenvalue weighted by Gasteiger charge is 2.26. The molecule has 4 rings (SSSR count). The molecule has 0 atom stereocenters. The number of ether oxygens (including phenoxy) is 2. The molecule has 1 saturated heterocycles. The highest BCUT2D eigenvalue weighted by atomic mass is 16.5. The van der Waals surface area contributed by atoms with Crippen molar-refractivity contribution in [2.75, 3.05) is 27.3 Å². The molecule has 2 fully saturated rings. The smallest absolute Gasteiger partial charge is 0.259 e. The minimum absolute atomic E-state index is 0.00948. The summed E-state index contributed by atoms with van der Waals surface area (Å²) >= 11 is 0. The second-order valence-corrected chi connectivity index (χ2v) is 9.03. The Balaban J connectivity index is 1.60. The Morgan fingerprint density at radius 1 is 0.941 bits per heavy atom. The molecule has 8 heteroatoms. The number of hydrogen-bond acceptors (Lipinski definition) is 5. The summed E-state index contributed by atoms with van der Waals surface area (Å²) in [6.45, 7) is 1.52. The van der Waals surface area contributed by atoms with Crippen molar-refractivity contribution < 1.29 is 19.1 Å². The SMILES string of the molecule is COc1ccc(CNC(=O)c2cn(C3CCCC3)cc(C(=O)N3CCCCC3)c2=O)cc1OC. The van der Waals surface area contributed by atoms with Crippen molar-refractivity contribution >= 4 is 11.8 Å². The fourth-order valence-electron chi connectivity index (χ4n) is 4.86. The number of pyridine rings is 1. The van der Waals surface area contributed by atoms with Crippen LogP contribution in [0.3, 0.4) is 0 Å². The largest absolute Gasteiger partial charge is 0.493 e. The average molecular weight is 468 g/mol. The number of likely N-dealkylation sites (tertiary alicyclic amines) is 1. The topological polar surface area (TPSA) is 89.9 Å². The molecule has 0 unspecified atom stereocenters. The molecule has 182 valence electrons. The Morgan fingerprint density at radius 2 is 1.62 bits per heavy atom. The number of methoxy groups -OCH3 is 2. The van der Waals surface area contributed by atoms with E-state index in [1.807, 2.05) is 10.6 Å². The number of nitrogens with zero attached hydrogens (tertiary/aromatic N) is 2. The summed E-state index contributed by atoms with van der Waals surface area (Å²) in [5, 5.41) is 2.83. The van der Waals surface area contributed by atoms with Crippen LogP contribution in [0.4, 0.5) is 0 Å². The van der Waals surface area contributed by atoms with Gasteiger partial charge in [-0.1, -0.05) is 18.9 Å². The van der Waals surface area contributed by atoms with Gasteiger partial charge in [0.05, 0.1) is 14.2 Å². The van der Waals surface area contributed by atoms with Crippen LogP contribution in [-0.4, -0.2) is 48.6 Å². The zero-order valence-electron chi connectivity index (χ0n) is 20.0. The Kier molecular flexibility index (Phi) is 7.55. The first-order valence-corrected chi connectivity index (χ1v) is 12.1. The van der Waals surface area contributed by atoms with Crippen LogP contribution in [0.15, 0.2) is 35.4 Å². The average Bonchev–Trinajstić information content (AvgIpc) is 3.42. The predicted molar refractivity (Wildman–Crippen MR) is 129 cm³/mol. The molecule has 0 radical (unpaired) electrons. The van der Waals surface area contributed by atoms with E-state index in [0.717, 1.165) is 50.5 Å². The minimum atomic E-state index is -0.505. The van der Waals surface area contributed by atoms with Crippen LogP contribution < -0.4 is 20.2 Å². The molecule has 2 amide bonds. The molecule has 2 aliphatic rings. The van der Waals surface area contributed by atoms with E-state index in [1.165, 1.54) is 0 Å². The number of piperidine rings is 1. The van der Waals surface area contributed by atoms with Crippen molar-refractivity contribution in [3.63, 3.8) is 0 Å². The van der Waals surface area contributed by atoms with Crippen molar-refractivity contribution in [2.45, 2.75) is 57.5 Å². The van der Waals surface area contributed by atoms with Crippen LogP contribution in [0.25, 0.3) is 0 Å². The molecule has 1 aromatic carbocycles. The standard InChI is InChI=1S/C26H33N3O5/c1-33-22-11-10-18(14-23(22)34-2)15-27-25(31)20-16-29(19-8-4-5-9-19)17-21(24(20)30)26(32)28-12-6-3-7-13-28/h10-11,14,16-17,19H,3-9,12-13,15H2,1-2H3,(H,27,31). The van der Waals surface area contributed by atoms with Crippen molar-refractivity contribution in [2.24, 2.45) is 0 Å². The van der Waals surface area contributed by atoms with E-state index in [9.17, 15) is 14.4 Å². The van der Waals surface area contributed by atoms with E-state index in [-0.39, 0.29) is 29.6 Å². The van der Waals surface area contributed by atoms with Gasteiger partial charge in [-0.05, 0) is 49.8 Å². The molecular weight excluding hydrogens is 434 g/mol. The first kappa shape index (κ1) is 23.9. The van der Waals surface area contributed by atoms with E-state index in [1.54, 1.807) is 43.6 Å². The number of carbonyl (C=O) groups excluding carboxylic acids is 2. The lowest BCUT2D eigenvalue weighted by Gasteiger charge is -2.27. The summed E-state index contributed by atoms with van der Waals surface area (Å²) in [7, 11) is 3.11. The molecule has 8 nitrogen and oxygen atoms in total. The van der Waals surface area contributed by atoms with Gasteiger partial charge in [-0.2, -0.15) is 0 Å². The fourth-order valence-corrected chi connectivity index (χ4v) is 4.86. The molecule has 34 heavy (non-hydrogen) atoms. The van der Waals surface area contributed by atoms with E-state index in [4.69, 9.17) is 9.47 Å². The lowest BCUT2D eigenvalue weighted by atomic mass is 10.1. The van der Waals surface area contributed by atoms with Crippen molar-refractivity contribution in [1.29, 1.82) is 0 Å². The number of amides is 2. The van der Waals surface area contributed by atoms with Crippen molar-refractivity contribution in [3.8, 4) is 11.5 Å². The summed E-state index contributed by atoms with van der Waals surface area (Å²) in [5.74, 6) is 0.402.